The van der Waals surface area contributed by atoms with E-state index in [0.717, 1.165) is 0 Å². The highest BCUT2D eigenvalue weighted by Crippen LogP contribution is 2.27. The Labute approximate surface area is 55.6 Å². The average Bonchev–Trinajstić information content (AvgIpc) is 2.11. The van der Waals surface area contributed by atoms with Crippen molar-refractivity contribution in [3.05, 3.63) is 35.5 Å². The van der Waals surface area contributed by atoms with Gasteiger partial charge in [0, 0.05) is 0 Å². The van der Waals surface area contributed by atoms with E-state index in [4.69, 9.17) is 0 Å². The van der Waals surface area contributed by atoms with E-state index in [9.17, 15) is 0 Å². The molecule has 0 fully saturated rings. The van der Waals surface area contributed by atoms with E-state index in [1.165, 1.54) is 19.3 Å². The maximum atomic E-state index is 2.26. The third-order valence-corrected chi connectivity index (χ3v) is 1.97. The molecule has 2 aliphatic rings. The smallest absolute Gasteiger partial charge is 0.00916 e. The fourth-order valence-corrected chi connectivity index (χ4v) is 1.29. The summed E-state index contributed by atoms with van der Waals surface area (Å²) in [6, 6.07) is 0. The SMILES string of the molecule is C1=C/C(=C2\C=CC2)CC1. The van der Waals surface area contributed by atoms with Gasteiger partial charge >= 0.3 is 0 Å². The maximum Gasteiger partial charge on any atom is -0.00916 e. The highest BCUT2D eigenvalue weighted by atomic mass is 14.1. The van der Waals surface area contributed by atoms with Crippen LogP contribution in [-0.4, -0.2) is 0 Å². The van der Waals surface area contributed by atoms with Crippen molar-refractivity contribution in [3.8, 4) is 0 Å². The summed E-state index contributed by atoms with van der Waals surface area (Å²) in [5.41, 5.74) is 3.13. The van der Waals surface area contributed by atoms with Crippen molar-refractivity contribution in [3.63, 3.8) is 0 Å². The lowest BCUT2D eigenvalue weighted by molar-refractivity contribution is 1.02. The van der Waals surface area contributed by atoms with Crippen LogP contribution in [0.15, 0.2) is 35.5 Å². The Morgan fingerprint density at radius 1 is 1.00 bits per heavy atom. The van der Waals surface area contributed by atoms with Crippen molar-refractivity contribution < 1.29 is 0 Å². The molecule has 0 unspecified atom stereocenters. The van der Waals surface area contributed by atoms with Crippen LogP contribution in [0.1, 0.15) is 19.3 Å². The van der Waals surface area contributed by atoms with Gasteiger partial charge in [-0.2, -0.15) is 0 Å². The highest BCUT2D eigenvalue weighted by Gasteiger charge is 2.07. The first-order valence-electron chi connectivity index (χ1n) is 3.52. The molecule has 9 heavy (non-hydrogen) atoms. The Morgan fingerprint density at radius 3 is 2.33 bits per heavy atom. The van der Waals surface area contributed by atoms with Crippen molar-refractivity contribution in [2.24, 2.45) is 0 Å². The van der Waals surface area contributed by atoms with Gasteiger partial charge in [-0.3, -0.25) is 0 Å². The van der Waals surface area contributed by atoms with Crippen molar-refractivity contribution in [2.45, 2.75) is 19.3 Å². The lowest BCUT2D eigenvalue weighted by Gasteiger charge is -2.09. The molecule has 0 heterocycles. The maximum absolute atomic E-state index is 2.26. The van der Waals surface area contributed by atoms with Gasteiger partial charge in [-0.25, -0.2) is 0 Å². The Balaban J connectivity index is 2.29. The monoisotopic (exact) mass is 118 g/mol. The second kappa shape index (κ2) is 1.87. The van der Waals surface area contributed by atoms with Crippen LogP contribution in [0.3, 0.4) is 0 Å². The number of allylic oxidation sites excluding steroid dienone is 6. The van der Waals surface area contributed by atoms with Crippen molar-refractivity contribution in [1.29, 1.82) is 0 Å². The van der Waals surface area contributed by atoms with Crippen LogP contribution < -0.4 is 0 Å². The number of hydrogen-bond donors (Lipinski definition) is 0. The first kappa shape index (κ1) is 5.04. The lowest BCUT2D eigenvalue weighted by atomic mass is 9.96. The Bertz CT molecular complexity index is 204. The van der Waals surface area contributed by atoms with E-state index in [1.54, 1.807) is 11.1 Å². The van der Waals surface area contributed by atoms with Crippen LogP contribution in [0.5, 0.6) is 0 Å². The second-order valence-electron chi connectivity index (χ2n) is 2.60. The zero-order chi connectivity index (χ0) is 6.10. The standard InChI is InChI=1S/C9H10/c1-2-5-8(4-1)9-6-3-7-9/h1,3-4,6H,2,5,7H2/b9-8-. The summed E-state index contributed by atoms with van der Waals surface area (Å²) in [5.74, 6) is 0. The van der Waals surface area contributed by atoms with Gasteiger partial charge in [0.25, 0.3) is 0 Å². The molecule has 0 radical (unpaired) electrons. The summed E-state index contributed by atoms with van der Waals surface area (Å²) in [7, 11) is 0. The molecule has 0 N–H and O–H groups in total. The second-order valence-corrected chi connectivity index (χ2v) is 2.60. The minimum atomic E-state index is 1.21. The van der Waals surface area contributed by atoms with Gasteiger partial charge in [0.05, 0.1) is 0 Å². The van der Waals surface area contributed by atoms with E-state index in [1.807, 2.05) is 0 Å². The largest absolute Gasteiger partial charge is 0.0839 e. The van der Waals surface area contributed by atoms with Gasteiger partial charge in [0.15, 0.2) is 0 Å². The normalized spacial score (nSPS) is 31.1. The van der Waals surface area contributed by atoms with Gasteiger partial charge in [-0.15, -0.1) is 0 Å². The third-order valence-electron chi connectivity index (χ3n) is 1.97. The molecule has 0 heteroatoms. The molecular formula is C9H10. The first-order valence-corrected chi connectivity index (χ1v) is 3.52. The molecule has 2 rings (SSSR count). The fourth-order valence-electron chi connectivity index (χ4n) is 1.29. The van der Waals surface area contributed by atoms with E-state index >= 15 is 0 Å². The molecule has 0 saturated carbocycles. The van der Waals surface area contributed by atoms with E-state index < -0.39 is 0 Å². The van der Waals surface area contributed by atoms with Crippen LogP contribution in [0.25, 0.3) is 0 Å². The van der Waals surface area contributed by atoms with Gasteiger partial charge in [-0.05, 0) is 30.4 Å². The van der Waals surface area contributed by atoms with Crippen molar-refractivity contribution in [2.75, 3.05) is 0 Å². The number of rotatable bonds is 0. The summed E-state index contributed by atoms with van der Waals surface area (Å²) < 4.78 is 0. The minimum Gasteiger partial charge on any atom is -0.0839 e. The summed E-state index contributed by atoms with van der Waals surface area (Å²) >= 11 is 0. The van der Waals surface area contributed by atoms with Gasteiger partial charge in [0.2, 0.25) is 0 Å². The molecule has 0 aromatic heterocycles. The molecule has 0 atom stereocenters. The van der Waals surface area contributed by atoms with Crippen LogP contribution in [0.2, 0.25) is 0 Å². The Morgan fingerprint density at radius 2 is 1.89 bits per heavy atom. The molecule has 0 aromatic rings. The van der Waals surface area contributed by atoms with Crippen LogP contribution in [-0.2, 0) is 0 Å². The van der Waals surface area contributed by atoms with Crippen LogP contribution in [0, 0.1) is 0 Å². The molecule has 0 nitrogen and oxygen atoms in total. The predicted molar refractivity (Wildman–Crippen MR) is 39.2 cm³/mol. The molecule has 0 saturated heterocycles. The molecule has 0 amide bonds. The molecule has 0 bridgehead atoms. The van der Waals surface area contributed by atoms with Gasteiger partial charge in [-0.1, -0.05) is 24.3 Å². The zero-order valence-corrected chi connectivity index (χ0v) is 5.43. The van der Waals surface area contributed by atoms with Gasteiger partial charge < -0.3 is 0 Å². The summed E-state index contributed by atoms with van der Waals surface area (Å²) in [6.45, 7) is 0. The summed E-state index contributed by atoms with van der Waals surface area (Å²) in [5, 5.41) is 0. The van der Waals surface area contributed by atoms with Crippen LogP contribution in [0.4, 0.5) is 0 Å². The van der Waals surface area contributed by atoms with Crippen LogP contribution >= 0.6 is 0 Å². The van der Waals surface area contributed by atoms with Crippen molar-refractivity contribution in [1.82, 2.24) is 0 Å². The average molecular weight is 118 g/mol. The molecule has 0 spiro atoms. The Kier molecular flexibility index (Phi) is 1.05. The van der Waals surface area contributed by atoms with E-state index in [-0.39, 0.29) is 0 Å². The minimum absolute atomic E-state index is 1.21. The van der Waals surface area contributed by atoms with Gasteiger partial charge in [0.1, 0.15) is 0 Å². The fraction of sp³-hybridized carbons (Fsp3) is 0.333. The highest BCUT2D eigenvalue weighted by molar-refractivity contribution is 5.42. The summed E-state index contributed by atoms with van der Waals surface area (Å²) in [4.78, 5) is 0. The third kappa shape index (κ3) is 0.748. The molecule has 0 aromatic carbocycles. The lowest BCUT2D eigenvalue weighted by Crippen LogP contribution is -1.89. The van der Waals surface area contributed by atoms with E-state index in [0.29, 0.717) is 0 Å². The number of hydrogen-bond acceptors (Lipinski definition) is 0. The van der Waals surface area contributed by atoms with E-state index in [2.05, 4.69) is 24.3 Å². The first-order chi connectivity index (χ1) is 4.47. The predicted octanol–water partition coefficient (Wildman–Crippen LogP) is 2.59. The van der Waals surface area contributed by atoms with Crippen molar-refractivity contribution >= 4 is 0 Å². The molecule has 46 valence electrons. The Hall–Kier alpha value is -0.780. The summed E-state index contributed by atoms with van der Waals surface area (Å²) in [6.07, 6.45) is 12.7. The molecular weight excluding hydrogens is 108 g/mol. The topological polar surface area (TPSA) is 0 Å². The zero-order valence-electron chi connectivity index (χ0n) is 5.43. The quantitative estimate of drug-likeness (QED) is 0.458. The molecule has 2 aliphatic carbocycles. The molecule has 0 aliphatic heterocycles.